The first kappa shape index (κ1) is 11.2. The number of thiol groups is 1. The van der Waals surface area contributed by atoms with E-state index < -0.39 is 29.9 Å². The lowest BCUT2D eigenvalue weighted by molar-refractivity contribution is -0.258. The van der Waals surface area contributed by atoms with Crippen LogP contribution in [0, 0.1) is 0 Å². The van der Waals surface area contributed by atoms with Crippen LogP contribution in [-0.4, -0.2) is 58.9 Å². The van der Waals surface area contributed by atoms with Gasteiger partial charge in [-0.1, -0.05) is 0 Å². The van der Waals surface area contributed by atoms with Crippen molar-refractivity contribution in [3.05, 3.63) is 0 Å². The molecule has 6 heteroatoms. The summed E-state index contributed by atoms with van der Waals surface area (Å²) < 4.78 is 9.87. The largest absolute Gasteiger partial charge is 0.394 e. The van der Waals surface area contributed by atoms with Crippen LogP contribution in [0.25, 0.3) is 0 Å². The number of aliphatic hydroxyl groups excluding tert-OH is 3. The fraction of sp³-hybridized carbons (Fsp3) is 1.00. The Morgan fingerprint density at radius 2 is 2.00 bits per heavy atom. The lowest BCUT2D eigenvalue weighted by Gasteiger charge is -2.39. The van der Waals surface area contributed by atoms with Gasteiger partial charge in [0.25, 0.3) is 0 Å². The van der Waals surface area contributed by atoms with E-state index in [4.69, 9.17) is 14.6 Å². The van der Waals surface area contributed by atoms with Gasteiger partial charge in [0.15, 0.2) is 6.29 Å². The minimum absolute atomic E-state index is 0.329. The van der Waals surface area contributed by atoms with Gasteiger partial charge in [-0.2, -0.15) is 12.6 Å². The second kappa shape index (κ2) is 4.59. The number of ether oxygens (including phenoxy) is 2. The van der Waals surface area contributed by atoms with Crippen molar-refractivity contribution >= 4 is 12.6 Å². The average Bonchev–Trinajstić information content (AvgIpc) is 2.15. The molecule has 0 bridgehead atoms. The first-order valence-corrected chi connectivity index (χ1v) is 4.46. The molecule has 78 valence electrons. The Bertz CT molecular complexity index is 147. The van der Waals surface area contributed by atoms with Crippen LogP contribution in [0.5, 0.6) is 0 Å². The van der Waals surface area contributed by atoms with E-state index in [0.29, 0.717) is 0 Å². The lowest BCUT2D eigenvalue weighted by Crippen LogP contribution is -2.56. The molecule has 13 heavy (non-hydrogen) atoms. The predicted molar refractivity (Wildman–Crippen MR) is 47.5 cm³/mol. The van der Waals surface area contributed by atoms with E-state index in [-0.39, 0.29) is 6.61 Å². The monoisotopic (exact) mass is 210 g/mol. The van der Waals surface area contributed by atoms with Crippen molar-refractivity contribution in [1.82, 2.24) is 0 Å². The average molecular weight is 210 g/mol. The Morgan fingerprint density at radius 1 is 1.38 bits per heavy atom. The fourth-order valence-electron chi connectivity index (χ4n) is 1.26. The molecule has 0 amide bonds. The highest BCUT2D eigenvalue weighted by Crippen LogP contribution is 2.24. The molecule has 1 rings (SSSR count). The molecule has 0 radical (unpaired) electrons. The van der Waals surface area contributed by atoms with Crippen molar-refractivity contribution in [2.24, 2.45) is 0 Å². The van der Waals surface area contributed by atoms with Crippen molar-refractivity contribution in [3.8, 4) is 0 Å². The summed E-state index contributed by atoms with van der Waals surface area (Å²) in [6, 6.07) is 0. The number of hydrogen-bond acceptors (Lipinski definition) is 6. The summed E-state index contributed by atoms with van der Waals surface area (Å²) in [5.41, 5.74) is 0. The summed E-state index contributed by atoms with van der Waals surface area (Å²) >= 11 is 4.01. The van der Waals surface area contributed by atoms with Gasteiger partial charge >= 0.3 is 0 Å². The first-order chi connectivity index (χ1) is 6.11. The van der Waals surface area contributed by atoms with Crippen molar-refractivity contribution in [1.29, 1.82) is 0 Å². The van der Waals surface area contributed by atoms with Gasteiger partial charge in [0.05, 0.1) is 18.0 Å². The Labute approximate surface area is 81.7 Å². The zero-order valence-corrected chi connectivity index (χ0v) is 8.09. The van der Waals surface area contributed by atoms with Crippen LogP contribution in [0.3, 0.4) is 0 Å². The van der Waals surface area contributed by atoms with Crippen molar-refractivity contribution in [2.45, 2.75) is 29.9 Å². The molecule has 1 aliphatic rings. The Balaban J connectivity index is 2.66. The highest BCUT2D eigenvalue weighted by atomic mass is 32.1. The van der Waals surface area contributed by atoms with Crippen molar-refractivity contribution < 1.29 is 24.8 Å². The normalized spacial score (nSPS) is 46.4. The molecule has 3 N–H and O–H groups in total. The van der Waals surface area contributed by atoms with Crippen molar-refractivity contribution in [2.75, 3.05) is 13.7 Å². The predicted octanol–water partition coefficient (Wildman–Crippen LogP) is -1.63. The third-order valence-electron chi connectivity index (χ3n) is 2.08. The summed E-state index contributed by atoms with van der Waals surface area (Å²) in [5, 5.41) is 27.0. The molecular formula is C7H14O5S. The number of aliphatic hydroxyl groups is 3. The van der Waals surface area contributed by atoms with E-state index in [1.807, 2.05) is 0 Å². The molecule has 5 nitrogen and oxygen atoms in total. The maximum absolute atomic E-state index is 9.45. The highest BCUT2D eigenvalue weighted by molar-refractivity contribution is 7.81. The van der Waals surface area contributed by atoms with Crippen LogP contribution < -0.4 is 0 Å². The molecule has 0 aliphatic carbocycles. The first-order valence-electron chi connectivity index (χ1n) is 3.95. The molecule has 0 aromatic heterocycles. The summed E-state index contributed by atoms with van der Waals surface area (Å²) in [5.74, 6) is 0. The molecule has 1 saturated heterocycles. The highest BCUT2D eigenvalue weighted by Gasteiger charge is 2.42. The maximum atomic E-state index is 9.45. The quantitative estimate of drug-likeness (QED) is 0.412. The van der Waals surface area contributed by atoms with E-state index >= 15 is 0 Å². The topological polar surface area (TPSA) is 79.2 Å². The second-order valence-corrected chi connectivity index (χ2v) is 3.53. The van der Waals surface area contributed by atoms with Crippen LogP contribution >= 0.6 is 12.6 Å². The summed E-state index contributed by atoms with van der Waals surface area (Å²) in [7, 11) is 1.38. The third kappa shape index (κ3) is 2.15. The van der Waals surface area contributed by atoms with Crippen LogP contribution in [0.1, 0.15) is 0 Å². The number of methoxy groups -OCH3 is 1. The molecule has 0 unspecified atom stereocenters. The molecule has 1 fully saturated rings. The third-order valence-corrected chi connectivity index (χ3v) is 2.69. The number of rotatable bonds is 2. The van der Waals surface area contributed by atoms with Gasteiger partial charge in [-0.15, -0.1) is 0 Å². The van der Waals surface area contributed by atoms with E-state index in [1.54, 1.807) is 0 Å². The molecule has 0 saturated carbocycles. The summed E-state index contributed by atoms with van der Waals surface area (Å²) in [4.78, 5) is 0. The lowest BCUT2D eigenvalue weighted by atomic mass is 10.0. The maximum Gasteiger partial charge on any atom is 0.184 e. The van der Waals surface area contributed by atoms with Crippen LogP contribution in [-0.2, 0) is 9.47 Å². The standard InChI is InChI=1S/C7H14O5S/c1-11-7-5(10)6(13)4(9)3(2-8)12-7/h3-10,13H,2H2,1H3/t3-,4+,5-,6+,7-/m1/s1. The molecule has 5 atom stereocenters. The van der Waals surface area contributed by atoms with Gasteiger partial charge in [-0.25, -0.2) is 0 Å². The summed E-state index contributed by atoms with van der Waals surface area (Å²) in [6.45, 7) is -0.329. The number of hydrogen-bond donors (Lipinski definition) is 4. The van der Waals surface area contributed by atoms with E-state index in [2.05, 4.69) is 12.6 Å². The van der Waals surface area contributed by atoms with Crippen LogP contribution in [0.2, 0.25) is 0 Å². The molecule has 1 heterocycles. The van der Waals surface area contributed by atoms with E-state index in [9.17, 15) is 10.2 Å². The van der Waals surface area contributed by atoms with Gasteiger partial charge in [0.2, 0.25) is 0 Å². The van der Waals surface area contributed by atoms with Gasteiger partial charge in [-0.05, 0) is 0 Å². The second-order valence-electron chi connectivity index (χ2n) is 2.93. The Hall–Kier alpha value is 0.150. The SMILES string of the molecule is CO[C@@H]1O[C@H](CO)[C@H](O)[C@H](S)[C@H]1O. The van der Waals surface area contributed by atoms with Gasteiger partial charge < -0.3 is 24.8 Å². The Kier molecular flexibility index (Phi) is 3.96. The zero-order chi connectivity index (χ0) is 10.0. The Morgan fingerprint density at radius 3 is 2.46 bits per heavy atom. The van der Waals surface area contributed by atoms with Gasteiger partial charge in [-0.3, -0.25) is 0 Å². The van der Waals surface area contributed by atoms with Gasteiger partial charge in [0.1, 0.15) is 12.2 Å². The zero-order valence-electron chi connectivity index (χ0n) is 7.20. The van der Waals surface area contributed by atoms with Crippen molar-refractivity contribution in [3.63, 3.8) is 0 Å². The van der Waals surface area contributed by atoms with Crippen LogP contribution in [0.15, 0.2) is 0 Å². The fourth-order valence-corrected chi connectivity index (χ4v) is 1.59. The molecule has 0 spiro atoms. The molecule has 0 aromatic carbocycles. The molecule has 1 aliphatic heterocycles. The smallest absolute Gasteiger partial charge is 0.184 e. The molecule has 0 aromatic rings. The summed E-state index contributed by atoms with van der Waals surface area (Å²) in [6.07, 6.45) is -3.58. The minimum Gasteiger partial charge on any atom is -0.394 e. The van der Waals surface area contributed by atoms with E-state index in [0.717, 1.165) is 0 Å². The van der Waals surface area contributed by atoms with Crippen LogP contribution in [0.4, 0.5) is 0 Å². The van der Waals surface area contributed by atoms with E-state index in [1.165, 1.54) is 7.11 Å². The van der Waals surface area contributed by atoms with Gasteiger partial charge in [0, 0.05) is 7.11 Å². The minimum atomic E-state index is -0.994. The molecular weight excluding hydrogens is 196 g/mol.